The van der Waals surface area contributed by atoms with Gasteiger partial charge in [0.15, 0.2) is 0 Å². The first-order valence-corrected chi connectivity index (χ1v) is 7.85. The van der Waals surface area contributed by atoms with E-state index in [4.69, 9.17) is 0 Å². The van der Waals surface area contributed by atoms with Crippen LogP contribution in [0, 0.1) is 6.92 Å². The Balaban J connectivity index is 1.65. The van der Waals surface area contributed by atoms with Crippen LogP contribution in [0.1, 0.15) is 29.2 Å². The fraction of sp³-hybridized carbons (Fsp3) is 0.250. The number of nitrogens with zero attached hydrogens (tertiary/aromatic N) is 3. The van der Waals surface area contributed by atoms with Crippen LogP contribution in [0.2, 0.25) is 0 Å². The maximum absolute atomic E-state index is 4.46. The largest absolute Gasteiger partial charge is 0.304 e. The third-order valence-corrected chi connectivity index (χ3v) is 4.20. The van der Waals surface area contributed by atoms with Crippen LogP contribution in [0.4, 0.5) is 0 Å². The van der Waals surface area contributed by atoms with E-state index in [1.54, 1.807) is 11.3 Å². The lowest BCUT2D eigenvalue weighted by atomic mass is 10.2. The van der Waals surface area contributed by atoms with E-state index in [0.717, 1.165) is 22.9 Å². The topological polar surface area (TPSA) is 42.7 Å². The van der Waals surface area contributed by atoms with Gasteiger partial charge in [0.05, 0.1) is 22.6 Å². The minimum atomic E-state index is 0.240. The lowest BCUT2D eigenvalue weighted by molar-refractivity contribution is 0.568. The molecular weight excluding hydrogens is 280 g/mol. The number of thiazole rings is 1. The van der Waals surface area contributed by atoms with Crippen LogP contribution in [0.25, 0.3) is 5.69 Å². The summed E-state index contributed by atoms with van der Waals surface area (Å²) in [6.07, 6.45) is 3.98. The number of para-hydroxylation sites is 1. The maximum Gasteiger partial charge on any atom is 0.0897 e. The number of rotatable bonds is 5. The number of nitrogens with one attached hydrogen (secondary N) is 1. The van der Waals surface area contributed by atoms with Crippen molar-refractivity contribution in [2.24, 2.45) is 0 Å². The van der Waals surface area contributed by atoms with Crippen molar-refractivity contribution in [3.8, 4) is 5.69 Å². The van der Waals surface area contributed by atoms with Crippen molar-refractivity contribution in [1.82, 2.24) is 20.1 Å². The van der Waals surface area contributed by atoms with Crippen molar-refractivity contribution in [3.05, 3.63) is 64.4 Å². The van der Waals surface area contributed by atoms with Crippen LogP contribution < -0.4 is 5.32 Å². The summed E-state index contributed by atoms with van der Waals surface area (Å²) in [6.45, 7) is 4.95. The summed E-state index contributed by atoms with van der Waals surface area (Å²) < 4.78 is 1.90. The molecule has 0 bridgehead atoms. The fourth-order valence-corrected chi connectivity index (χ4v) is 2.76. The molecule has 2 aromatic heterocycles. The molecule has 0 radical (unpaired) electrons. The van der Waals surface area contributed by atoms with Gasteiger partial charge in [0.1, 0.15) is 0 Å². The molecule has 1 N–H and O–H groups in total. The average Bonchev–Trinajstić information content (AvgIpc) is 3.15. The summed E-state index contributed by atoms with van der Waals surface area (Å²) in [6, 6.07) is 10.4. The number of aromatic nitrogens is 3. The van der Waals surface area contributed by atoms with E-state index in [1.165, 1.54) is 5.56 Å². The highest BCUT2D eigenvalue weighted by molar-refractivity contribution is 7.09. The molecule has 21 heavy (non-hydrogen) atoms. The van der Waals surface area contributed by atoms with Gasteiger partial charge >= 0.3 is 0 Å². The lowest BCUT2D eigenvalue weighted by Gasteiger charge is -2.10. The summed E-state index contributed by atoms with van der Waals surface area (Å²) in [7, 11) is 0. The minimum absolute atomic E-state index is 0.240. The third-order valence-electron chi connectivity index (χ3n) is 3.38. The van der Waals surface area contributed by atoms with Gasteiger partial charge in [0.25, 0.3) is 0 Å². The molecule has 4 nitrogen and oxygen atoms in total. The molecule has 0 saturated carbocycles. The van der Waals surface area contributed by atoms with Gasteiger partial charge in [-0.2, -0.15) is 5.10 Å². The summed E-state index contributed by atoms with van der Waals surface area (Å²) >= 11 is 1.69. The van der Waals surface area contributed by atoms with Gasteiger partial charge in [0.2, 0.25) is 0 Å². The van der Waals surface area contributed by atoms with Crippen LogP contribution in [0.15, 0.2) is 48.1 Å². The number of aryl methyl sites for hydroxylation is 1. The molecule has 2 heterocycles. The first kappa shape index (κ1) is 14.0. The van der Waals surface area contributed by atoms with Crippen LogP contribution in [0.3, 0.4) is 0 Å². The molecule has 0 saturated heterocycles. The Hall–Kier alpha value is -1.98. The van der Waals surface area contributed by atoms with Crippen molar-refractivity contribution in [3.63, 3.8) is 0 Å². The van der Waals surface area contributed by atoms with E-state index < -0.39 is 0 Å². The van der Waals surface area contributed by atoms with E-state index in [1.807, 2.05) is 48.1 Å². The van der Waals surface area contributed by atoms with Gasteiger partial charge in [-0.3, -0.25) is 0 Å². The Bertz CT molecular complexity index is 702. The van der Waals surface area contributed by atoms with Crippen molar-refractivity contribution in [2.75, 3.05) is 0 Å². The molecule has 3 aromatic rings. The van der Waals surface area contributed by atoms with E-state index in [9.17, 15) is 0 Å². The molecule has 1 atom stereocenters. The molecule has 0 amide bonds. The highest BCUT2D eigenvalue weighted by atomic mass is 32.1. The van der Waals surface area contributed by atoms with E-state index in [0.29, 0.717) is 0 Å². The first-order chi connectivity index (χ1) is 10.2. The Labute approximate surface area is 128 Å². The zero-order chi connectivity index (χ0) is 14.7. The van der Waals surface area contributed by atoms with Gasteiger partial charge in [-0.25, -0.2) is 9.67 Å². The number of hydrogen-bond donors (Lipinski definition) is 1. The lowest BCUT2D eigenvalue weighted by Crippen LogP contribution is -2.17. The molecule has 5 heteroatoms. The summed E-state index contributed by atoms with van der Waals surface area (Å²) in [5.41, 5.74) is 3.34. The SMILES string of the molecule is Cc1nc(CNC(C)c2cnn(-c3ccccc3)c2)cs1. The second kappa shape index (κ2) is 6.20. The maximum atomic E-state index is 4.46. The quantitative estimate of drug-likeness (QED) is 0.784. The molecule has 0 spiro atoms. The first-order valence-electron chi connectivity index (χ1n) is 6.97. The smallest absolute Gasteiger partial charge is 0.0897 e. The van der Waals surface area contributed by atoms with Gasteiger partial charge in [-0.05, 0) is 26.0 Å². The summed E-state index contributed by atoms with van der Waals surface area (Å²) in [5, 5.41) is 11.1. The standard InChI is InChI=1S/C16H18N4S/c1-12(17-9-15-11-21-13(2)19-15)14-8-18-20(10-14)16-6-4-3-5-7-16/h3-8,10-12,17H,9H2,1-2H3. The van der Waals surface area contributed by atoms with E-state index in [-0.39, 0.29) is 6.04 Å². The molecule has 0 aliphatic carbocycles. The second-order valence-electron chi connectivity index (χ2n) is 5.01. The van der Waals surface area contributed by atoms with Crippen LogP contribution in [-0.4, -0.2) is 14.8 Å². The fourth-order valence-electron chi connectivity index (χ4n) is 2.15. The monoisotopic (exact) mass is 298 g/mol. The molecule has 0 aliphatic heterocycles. The molecular formula is C16H18N4S. The minimum Gasteiger partial charge on any atom is -0.304 e. The Morgan fingerprint density at radius 3 is 2.81 bits per heavy atom. The van der Waals surface area contributed by atoms with Crippen molar-refractivity contribution < 1.29 is 0 Å². The molecule has 1 aromatic carbocycles. The molecule has 1 unspecified atom stereocenters. The highest BCUT2D eigenvalue weighted by Crippen LogP contribution is 2.15. The summed E-state index contributed by atoms with van der Waals surface area (Å²) in [4.78, 5) is 4.46. The van der Waals surface area contributed by atoms with E-state index in [2.05, 4.69) is 33.9 Å². The Morgan fingerprint density at radius 1 is 1.29 bits per heavy atom. The van der Waals surface area contributed by atoms with Crippen molar-refractivity contribution in [1.29, 1.82) is 0 Å². The zero-order valence-electron chi connectivity index (χ0n) is 12.2. The number of benzene rings is 1. The molecule has 0 fully saturated rings. The van der Waals surface area contributed by atoms with Crippen molar-refractivity contribution >= 4 is 11.3 Å². The Morgan fingerprint density at radius 2 is 2.10 bits per heavy atom. The normalized spacial score (nSPS) is 12.5. The van der Waals surface area contributed by atoms with Crippen LogP contribution in [0.5, 0.6) is 0 Å². The van der Waals surface area contributed by atoms with Crippen LogP contribution >= 0.6 is 11.3 Å². The highest BCUT2D eigenvalue weighted by Gasteiger charge is 2.09. The number of hydrogen-bond acceptors (Lipinski definition) is 4. The van der Waals surface area contributed by atoms with Gasteiger partial charge in [0, 0.05) is 29.7 Å². The van der Waals surface area contributed by atoms with E-state index >= 15 is 0 Å². The van der Waals surface area contributed by atoms with Gasteiger partial charge < -0.3 is 5.32 Å². The Kier molecular flexibility index (Phi) is 4.13. The molecule has 3 rings (SSSR count). The second-order valence-corrected chi connectivity index (χ2v) is 6.08. The van der Waals surface area contributed by atoms with Gasteiger partial charge in [-0.1, -0.05) is 18.2 Å². The average molecular weight is 298 g/mol. The predicted molar refractivity (Wildman–Crippen MR) is 85.7 cm³/mol. The van der Waals surface area contributed by atoms with Gasteiger partial charge in [-0.15, -0.1) is 11.3 Å². The summed E-state index contributed by atoms with van der Waals surface area (Å²) in [5.74, 6) is 0. The molecule has 108 valence electrons. The predicted octanol–water partition coefficient (Wildman–Crippen LogP) is 3.49. The third kappa shape index (κ3) is 3.37. The van der Waals surface area contributed by atoms with Crippen LogP contribution in [-0.2, 0) is 6.54 Å². The zero-order valence-corrected chi connectivity index (χ0v) is 13.0. The molecule has 0 aliphatic rings. The van der Waals surface area contributed by atoms with Crippen molar-refractivity contribution in [2.45, 2.75) is 26.4 Å².